The van der Waals surface area contributed by atoms with Crippen LogP contribution < -0.4 is 0 Å². The van der Waals surface area contributed by atoms with Crippen LogP contribution in [-0.4, -0.2) is 59.7 Å². The lowest BCUT2D eigenvalue weighted by molar-refractivity contribution is -0.139. The van der Waals surface area contributed by atoms with Crippen LogP contribution in [0.5, 0.6) is 0 Å². The summed E-state index contributed by atoms with van der Waals surface area (Å²) in [5, 5.41) is 45.4. The predicted octanol–water partition coefficient (Wildman–Crippen LogP) is -1.94. The number of rotatable bonds is 5. The van der Waals surface area contributed by atoms with Crippen LogP contribution in [0.2, 0.25) is 0 Å². The summed E-state index contributed by atoms with van der Waals surface area (Å²) in [7, 11) is 0. The minimum Gasteiger partial charge on any atom is -0.387 e. The maximum atomic E-state index is 10.0. The SMILES string of the molecule is O=C[C@@H](O)[C@@H](O)[C@H](O)[C@H](O)C(O)(Br)Br. The minimum absolute atomic E-state index is 0.00211. The van der Waals surface area contributed by atoms with Gasteiger partial charge < -0.3 is 30.3 Å². The lowest BCUT2D eigenvalue weighted by Gasteiger charge is -2.29. The van der Waals surface area contributed by atoms with E-state index in [1.807, 2.05) is 0 Å². The molecule has 0 radical (unpaired) electrons. The first-order valence-corrected chi connectivity index (χ1v) is 5.08. The fourth-order valence-electron chi connectivity index (χ4n) is 0.675. The van der Waals surface area contributed by atoms with Crippen LogP contribution in [0.1, 0.15) is 0 Å². The van der Waals surface area contributed by atoms with Gasteiger partial charge in [0.25, 0.3) is 0 Å². The topological polar surface area (TPSA) is 118 Å². The Bertz CT molecular complexity index is 193. The zero-order chi connectivity index (χ0) is 11.5. The van der Waals surface area contributed by atoms with Crippen molar-refractivity contribution < 1.29 is 30.3 Å². The molecule has 0 aromatic heterocycles. The van der Waals surface area contributed by atoms with Crippen molar-refractivity contribution in [1.29, 1.82) is 0 Å². The Balaban J connectivity index is 4.46. The smallest absolute Gasteiger partial charge is 0.203 e. The van der Waals surface area contributed by atoms with E-state index in [-0.39, 0.29) is 6.29 Å². The van der Waals surface area contributed by atoms with E-state index < -0.39 is 27.8 Å². The van der Waals surface area contributed by atoms with E-state index in [1.165, 1.54) is 0 Å². The third-order valence-electron chi connectivity index (χ3n) is 1.52. The molecule has 5 N–H and O–H groups in total. The maximum Gasteiger partial charge on any atom is 0.203 e. The van der Waals surface area contributed by atoms with Gasteiger partial charge in [0.2, 0.25) is 3.42 Å². The van der Waals surface area contributed by atoms with Gasteiger partial charge in [-0.1, -0.05) is 0 Å². The second-order valence-corrected chi connectivity index (χ2v) is 6.12. The fourth-order valence-corrected chi connectivity index (χ4v) is 1.22. The number of carbonyl (C=O) groups is 1. The Kier molecular flexibility index (Phi) is 5.67. The largest absolute Gasteiger partial charge is 0.387 e. The molecule has 0 unspecified atom stereocenters. The summed E-state index contributed by atoms with van der Waals surface area (Å²) >= 11 is 5.13. The average Bonchev–Trinajstić information content (AvgIpc) is 2.11. The summed E-state index contributed by atoms with van der Waals surface area (Å²) in [6, 6.07) is 0. The van der Waals surface area contributed by atoms with Crippen LogP contribution in [0.25, 0.3) is 0 Å². The number of carbonyl (C=O) groups excluding carboxylic acids is 1. The van der Waals surface area contributed by atoms with Crippen molar-refractivity contribution in [2.24, 2.45) is 0 Å². The van der Waals surface area contributed by atoms with Gasteiger partial charge in [-0.2, -0.15) is 0 Å². The molecule has 0 rings (SSSR count). The quantitative estimate of drug-likeness (QED) is 0.294. The third-order valence-corrected chi connectivity index (χ3v) is 2.46. The van der Waals surface area contributed by atoms with E-state index in [0.29, 0.717) is 0 Å². The molecule has 0 heterocycles. The van der Waals surface area contributed by atoms with Gasteiger partial charge in [-0.3, -0.25) is 0 Å². The normalized spacial score (nSPS) is 21.1. The average molecular weight is 338 g/mol. The van der Waals surface area contributed by atoms with Gasteiger partial charge >= 0.3 is 0 Å². The first-order chi connectivity index (χ1) is 6.21. The molecule has 0 aromatic carbocycles. The number of aliphatic hydroxyl groups excluding tert-OH is 4. The number of hydrogen-bond acceptors (Lipinski definition) is 6. The van der Waals surface area contributed by atoms with Crippen molar-refractivity contribution >= 4 is 38.1 Å². The molecule has 0 aliphatic heterocycles. The van der Waals surface area contributed by atoms with Gasteiger partial charge in [-0.05, 0) is 31.9 Å². The number of aldehydes is 1. The Morgan fingerprint density at radius 1 is 1.07 bits per heavy atom. The molecule has 0 bridgehead atoms. The third kappa shape index (κ3) is 3.89. The predicted molar refractivity (Wildman–Crippen MR) is 52.9 cm³/mol. The number of hydrogen-bond donors (Lipinski definition) is 5. The molecular formula is C6H10Br2O6. The van der Waals surface area contributed by atoms with Gasteiger partial charge in [0.05, 0.1) is 0 Å². The standard InChI is InChI=1S/C6H10Br2O6/c7-6(8,14)5(13)4(12)3(11)2(10)1-9/h1-5,10-14H/t2-,3-,4+,5+/m1/s1. The Labute approximate surface area is 96.4 Å². The molecule has 0 aromatic rings. The minimum atomic E-state index is -2.01. The van der Waals surface area contributed by atoms with Crippen LogP contribution in [0, 0.1) is 0 Å². The van der Waals surface area contributed by atoms with Gasteiger partial charge in [0.15, 0.2) is 6.29 Å². The summed E-state index contributed by atoms with van der Waals surface area (Å²) in [6.45, 7) is 0. The van der Waals surface area contributed by atoms with Crippen LogP contribution in [0.15, 0.2) is 0 Å². The van der Waals surface area contributed by atoms with Crippen molar-refractivity contribution in [2.45, 2.75) is 27.8 Å². The van der Waals surface area contributed by atoms with Crippen LogP contribution in [-0.2, 0) is 4.79 Å². The molecule has 0 spiro atoms. The lowest BCUT2D eigenvalue weighted by atomic mass is 10.0. The van der Waals surface area contributed by atoms with Crippen molar-refractivity contribution in [3.8, 4) is 0 Å². The molecule has 0 aliphatic carbocycles. The van der Waals surface area contributed by atoms with Gasteiger partial charge in [-0.15, -0.1) is 0 Å². The summed E-state index contributed by atoms with van der Waals surface area (Å²) in [6.07, 6.45) is -7.43. The van der Waals surface area contributed by atoms with Crippen molar-refractivity contribution in [1.82, 2.24) is 0 Å². The Hall–Kier alpha value is 0.430. The lowest BCUT2D eigenvalue weighted by Crippen LogP contribution is -2.50. The van der Waals surface area contributed by atoms with Crippen LogP contribution in [0.4, 0.5) is 0 Å². The number of aliphatic hydroxyl groups is 5. The highest BCUT2D eigenvalue weighted by atomic mass is 79.9. The fraction of sp³-hybridized carbons (Fsp3) is 0.833. The summed E-state index contributed by atoms with van der Waals surface area (Å²) in [5.74, 6) is 0. The highest BCUT2D eigenvalue weighted by Crippen LogP contribution is 2.29. The second kappa shape index (κ2) is 5.50. The van der Waals surface area contributed by atoms with E-state index in [4.69, 9.17) is 15.3 Å². The highest BCUT2D eigenvalue weighted by Gasteiger charge is 2.40. The summed E-state index contributed by atoms with van der Waals surface area (Å²) < 4.78 is -2.01. The first-order valence-electron chi connectivity index (χ1n) is 3.49. The summed E-state index contributed by atoms with van der Waals surface area (Å²) in [4.78, 5) is 10.0. The number of alkyl halides is 2. The summed E-state index contributed by atoms with van der Waals surface area (Å²) in [5.41, 5.74) is 0. The molecule has 14 heavy (non-hydrogen) atoms. The molecule has 0 amide bonds. The maximum absolute atomic E-state index is 10.0. The van der Waals surface area contributed by atoms with E-state index >= 15 is 0 Å². The van der Waals surface area contributed by atoms with Gasteiger partial charge in [-0.25, -0.2) is 0 Å². The molecule has 0 aliphatic rings. The molecule has 0 fully saturated rings. The van der Waals surface area contributed by atoms with Crippen LogP contribution in [0.3, 0.4) is 0 Å². The molecule has 84 valence electrons. The molecule has 0 saturated heterocycles. The Morgan fingerprint density at radius 2 is 1.50 bits per heavy atom. The van der Waals surface area contributed by atoms with Gasteiger partial charge in [0.1, 0.15) is 24.4 Å². The molecule has 0 saturated carbocycles. The van der Waals surface area contributed by atoms with E-state index in [9.17, 15) is 15.0 Å². The zero-order valence-corrected chi connectivity index (χ0v) is 9.96. The van der Waals surface area contributed by atoms with Crippen LogP contribution >= 0.6 is 31.9 Å². The molecule has 4 atom stereocenters. The Morgan fingerprint density at radius 3 is 1.79 bits per heavy atom. The number of halogens is 2. The van der Waals surface area contributed by atoms with Gasteiger partial charge in [0, 0.05) is 0 Å². The van der Waals surface area contributed by atoms with Crippen molar-refractivity contribution in [3.05, 3.63) is 0 Å². The van der Waals surface area contributed by atoms with Crippen molar-refractivity contribution in [3.63, 3.8) is 0 Å². The first kappa shape index (κ1) is 14.4. The monoisotopic (exact) mass is 336 g/mol. The molecule has 8 heteroatoms. The molecular weight excluding hydrogens is 328 g/mol. The second-order valence-electron chi connectivity index (χ2n) is 2.64. The zero-order valence-electron chi connectivity index (χ0n) is 6.79. The molecule has 6 nitrogen and oxygen atoms in total. The van der Waals surface area contributed by atoms with E-state index in [1.54, 1.807) is 0 Å². The van der Waals surface area contributed by atoms with Crippen molar-refractivity contribution in [2.75, 3.05) is 0 Å². The van der Waals surface area contributed by atoms with E-state index in [2.05, 4.69) is 31.9 Å². The highest BCUT2D eigenvalue weighted by molar-refractivity contribution is 9.25. The van der Waals surface area contributed by atoms with E-state index in [0.717, 1.165) is 0 Å².